The molecule has 0 aromatic heterocycles. The van der Waals surface area contributed by atoms with Crippen molar-refractivity contribution in [2.24, 2.45) is 0 Å². The highest BCUT2D eigenvalue weighted by Crippen LogP contribution is 2.29. The van der Waals surface area contributed by atoms with E-state index in [1.165, 1.54) is 23.8 Å². The van der Waals surface area contributed by atoms with Crippen LogP contribution in [-0.2, 0) is 10.2 Å². The number of aldehydes is 1. The Morgan fingerprint density at radius 3 is 2.24 bits per heavy atom. The molecule has 0 saturated heterocycles. The number of benzene rings is 2. The second-order valence-electron chi connectivity index (χ2n) is 6.02. The van der Waals surface area contributed by atoms with Crippen LogP contribution >= 0.6 is 0 Å². The fourth-order valence-electron chi connectivity index (χ4n) is 2.24. The van der Waals surface area contributed by atoms with Gasteiger partial charge in [-0.1, -0.05) is 57.2 Å². The molecule has 0 bridgehead atoms. The molecule has 0 radical (unpaired) electrons. The Morgan fingerprint density at radius 2 is 1.67 bits per heavy atom. The van der Waals surface area contributed by atoms with Crippen molar-refractivity contribution in [1.82, 2.24) is 0 Å². The summed E-state index contributed by atoms with van der Waals surface area (Å²) in [5, 5.41) is 0. The van der Waals surface area contributed by atoms with Gasteiger partial charge in [-0.05, 0) is 40.3 Å². The molecule has 21 heavy (non-hydrogen) atoms. The lowest BCUT2D eigenvalue weighted by molar-refractivity contribution is -0.104. The highest BCUT2D eigenvalue weighted by molar-refractivity contribution is 5.81. The van der Waals surface area contributed by atoms with Crippen LogP contribution < -0.4 is 0 Å². The summed E-state index contributed by atoms with van der Waals surface area (Å²) in [5.41, 5.74) is 3.48. The average molecular weight is 282 g/mol. The summed E-state index contributed by atoms with van der Waals surface area (Å²) >= 11 is 0. The molecular weight excluding hydrogens is 263 g/mol. The van der Waals surface area contributed by atoms with E-state index in [9.17, 15) is 9.18 Å². The molecule has 2 heteroatoms. The van der Waals surface area contributed by atoms with Crippen molar-refractivity contribution in [1.29, 1.82) is 0 Å². The van der Waals surface area contributed by atoms with E-state index in [0.29, 0.717) is 11.8 Å². The molecular formula is C19H19FO. The van der Waals surface area contributed by atoms with Gasteiger partial charge in [0.2, 0.25) is 0 Å². The summed E-state index contributed by atoms with van der Waals surface area (Å²) in [5.74, 6) is -0.328. The molecule has 0 aliphatic rings. The van der Waals surface area contributed by atoms with Gasteiger partial charge in [0.1, 0.15) is 12.1 Å². The number of carbonyl (C=O) groups excluding carboxylic acids is 1. The molecule has 2 aromatic rings. The number of hydrogen-bond donors (Lipinski definition) is 0. The lowest BCUT2D eigenvalue weighted by atomic mass is 9.86. The van der Waals surface area contributed by atoms with Crippen molar-refractivity contribution in [3.63, 3.8) is 0 Å². The van der Waals surface area contributed by atoms with Gasteiger partial charge >= 0.3 is 0 Å². The van der Waals surface area contributed by atoms with Crippen LogP contribution in [0.3, 0.4) is 0 Å². The van der Waals surface area contributed by atoms with Crippen molar-refractivity contribution in [3.05, 3.63) is 65.5 Å². The zero-order valence-corrected chi connectivity index (χ0v) is 12.6. The summed E-state index contributed by atoms with van der Waals surface area (Å²) in [6.07, 6.45) is 3.47. The molecule has 2 aromatic carbocycles. The van der Waals surface area contributed by atoms with Crippen LogP contribution in [0.15, 0.2) is 48.5 Å². The zero-order chi connectivity index (χ0) is 15.5. The van der Waals surface area contributed by atoms with Crippen LogP contribution in [0.5, 0.6) is 0 Å². The maximum atomic E-state index is 14.0. The van der Waals surface area contributed by atoms with Crippen molar-refractivity contribution in [3.8, 4) is 11.1 Å². The second-order valence-corrected chi connectivity index (χ2v) is 6.02. The van der Waals surface area contributed by atoms with E-state index in [-0.39, 0.29) is 11.2 Å². The number of carbonyl (C=O) groups is 1. The highest BCUT2D eigenvalue weighted by Gasteiger charge is 2.14. The molecule has 0 atom stereocenters. The highest BCUT2D eigenvalue weighted by atomic mass is 19.1. The van der Waals surface area contributed by atoms with E-state index in [2.05, 4.69) is 32.9 Å². The van der Waals surface area contributed by atoms with E-state index >= 15 is 0 Å². The Kier molecular flexibility index (Phi) is 4.37. The van der Waals surface area contributed by atoms with E-state index in [1.54, 1.807) is 6.07 Å². The maximum Gasteiger partial charge on any atom is 0.142 e. The van der Waals surface area contributed by atoms with Crippen molar-refractivity contribution in [2.45, 2.75) is 26.2 Å². The first kappa shape index (κ1) is 15.2. The lowest BCUT2D eigenvalue weighted by Gasteiger charge is -2.19. The van der Waals surface area contributed by atoms with Crippen LogP contribution in [0, 0.1) is 5.82 Å². The van der Waals surface area contributed by atoms with Gasteiger partial charge in [0.15, 0.2) is 0 Å². The standard InChI is InChI=1S/C19H19FO/c1-19(2,3)15-11-9-14(10-12-15)16-6-4-8-18(20)17(16)7-5-13-21/h4-13H,1-3H3. The Hall–Kier alpha value is -2.22. The number of halogens is 1. The second kappa shape index (κ2) is 6.04. The maximum absolute atomic E-state index is 14.0. The predicted octanol–water partition coefficient (Wildman–Crippen LogP) is 5.00. The van der Waals surface area contributed by atoms with Gasteiger partial charge in [0.05, 0.1) is 0 Å². The SMILES string of the molecule is CC(C)(C)c1ccc(-c2cccc(F)c2C=CC=O)cc1. The molecule has 0 N–H and O–H groups in total. The van der Waals surface area contributed by atoms with E-state index in [1.807, 2.05) is 18.2 Å². The van der Waals surface area contributed by atoms with Crippen molar-refractivity contribution >= 4 is 12.4 Å². The normalized spacial score (nSPS) is 11.8. The smallest absolute Gasteiger partial charge is 0.142 e. The van der Waals surface area contributed by atoms with Gasteiger partial charge in [-0.25, -0.2) is 4.39 Å². The molecule has 0 amide bonds. The largest absolute Gasteiger partial charge is 0.299 e. The molecule has 0 fully saturated rings. The Morgan fingerprint density at radius 1 is 1.00 bits per heavy atom. The van der Waals surface area contributed by atoms with E-state index in [4.69, 9.17) is 0 Å². The molecule has 2 rings (SSSR count). The van der Waals surface area contributed by atoms with Gasteiger partial charge < -0.3 is 0 Å². The van der Waals surface area contributed by atoms with Crippen LogP contribution in [-0.4, -0.2) is 6.29 Å². The van der Waals surface area contributed by atoms with Gasteiger partial charge in [-0.3, -0.25) is 4.79 Å². The molecule has 0 spiro atoms. The minimum atomic E-state index is -0.328. The van der Waals surface area contributed by atoms with Crippen molar-refractivity contribution < 1.29 is 9.18 Å². The fraction of sp³-hybridized carbons (Fsp3) is 0.211. The summed E-state index contributed by atoms with van der Waals surface area (Å²) in [6, 6.07) is 13.1. The Bertz CT molecular complexity index is 661. The van der Waals surface area contributed by atoms with Crippen LogP contribution in [0.25, 0.3) is 17.2 Å². The van der Waals surface area contributed by atoms with E-state index < -0.39 is 0 Å². The molecule has 0 aliphatic carbocycles. The van der Waals surface area contributed by atoms with Gasteiger partial charge in [-0.15, -0.1) is 0 Å². The summed E-state index contributed by atoms with van der Waals surface area (Å²) in [7, 11) is 0. The summed E-state index contributed by atoms with van der Waals surface area (Å²) < 4.78 is 14.0. The molecule has 108 valence electrons. The first-order chi connectivity index (χ1) is 9.93. The van der Waals surface area contributed by atoms with Crippen LogP contribution in [0.4, 0.5) is 4.39 Å². The molecule has 0 heterocycles. The quantitative estimate of drug-likeness (QED) is 0.571. The predicted molar refractivity (Wildman–Crippen MR) is 85.6 cm³/mol. The lowest BCUT2D eigenvalue weighted by Crippen LogP contribution is -2.10. The first-order valence-electron chi connectivity index (χ1n) is 6.95. The fourth-order valence-corrected chi connectivity index (χ4v) is 2.24. The number of allylic oxidation sites excluding steroid dienone is 1. The Balaban J connectivity index is 2.49. The topological polar surface area (TPSA) is 17.1 Å². The number of hydrogen-bond acceptors (Lipinski definition) is 1. The third-order valence-corrected chi connectivity index (χ3v) is 3.46. The van der Waals surface area contributed by atoms with Crippen LogP contribution in [0.2, 0.25) is 0 Å². The average Bonchev–Trinajstić information content (AvgIpc) is 2.45. The van der Waals surface area contributed by atoms with E-state index in [0.717, 1.165) is 11.1 Å². The third kappa shape index (κ3) is 3.46. The molecule has 0 aliphatic heterocycles. The van der Waals surface area contributed by atoms with Gasteiger partial charge in [0, 0.05) is 5.56 Å². The minimum absolute atomic E-state index is 0.0840. The van der Waals surface area contributed by atoms with Crippen LogP contribution in [0.1, 0.15) is 31.9 Å². The molecule has 1 nitrogen and oxygen atoms in total. The number of rotatable bonds is 3. The molecule has 0 unspecified atom stereocenters. The summed E-state index contributed by atoms with van der Waals surface area (Å²) in [4.78, 5) is 10.5. The van der Waals surface area contributed by atoms with Crippen molar-refractivity contribution in [2.75, 3.05) is 0 Å². The molecule has 0 saturated carbocycles. The monoisotopic (exact) mass is 282 g/mol. The zero-order valence-electron chi connectivity index (χ0n) is 12.6. The van der Waals surface area contributed by atoms with Gasteiger partial charge in [0.25, 0.3) is 0 Å². The third-order valence-electron chi connectivity index (χ3n) is 3.46. The van der Waals surface area contributed by atoms with Gasteiger partial charge in [-0.2, -0.15) is 0 Å². The summed E-state index contributed by atoms with van der Waals surface area (Å²) in [6.45, 7) is 6.47. The Labute approximate surface area is 125 Å². The minimum Gasteiger partial charge on any atom is -0.299 e. The first-order valence-corrected chi connectivity index (χ1v) is 6.95.